The zero-order valence-electron chi connectivity index (χ0n) is 12.3. The molecule has 20 heavy (non-hydrogen) atoms. The van der Waals surface area contributed by atoms with E-state index in [1.54, 1.807) is 20.8 Å². The summed E-state index contributed by atoms with van der Waals surface area (Å²) >= 11 is 1.42. The van der Waals surface area contributed by atoms with Crippen LogP contribution in [-0.2, 0) is 9.59 Å². The van der Waals surface area contributed by atoms with Crippen LogP contribution in [0.2, 0.25) is 0 Å². The molecule has 5 heteroatoms. The molecule has 0 aliphatic carbocycles. The number of aliphatic carboxylic acids is 1. The second-order valence-electron chi connectivity index (χ2n) is 5.10. The average Bonchev–Trinajstić information content (AvgIpc) is 2.38. The first-order chi connectivity index (χ1) is 9.28. The fourth-order valence-corrected chi connectivity index (χ4v) is 2.63. The number of carbonyl (C=O) groups excluding carboxylic acids is 1. The molecule has 110 valence electrons. The summed E-state index contributed by atoms with van der Waals surface area (Å²) in [6.45, 7) is 7.28. The third-order valence-electron chi connectivity index (χ3n) is 3.20. The second-order valence-corrected chi connectivity index (χ2v) is 6.15. The van der Waals surface area contributed by atoms with Crippen LogP contribution in [0.25, 0.3) is 0 Å². The van der Waals surface area contributed by atoms with Crippen LogP contribution in [0.1, 0.15) is 26.3 Å². The predicted octanol–water partition coefficient (Wildman–Crippen LogP) is 2.80. The van der Waals surface area contributed by atoms with Crippen molar-refractivity contribution in [1.82, 2.24) is 4.90 Å². The normalized spacial score (nSPS) is 11.2. The Kier molecular flexibility index (Phi) is 5.62. The molecule has 0 atom stereocenters. The molecule has 0 heterocycles. The van der Waals surface area contributed by atoms with Gasteiger partial charge in [0.15, 0.2) is 0 Å². The molecule has 0 saturated heterocycles. The van der Waals surface area contributed by atoms with E-state index in [4.69, 9.17) is 0 Å². The van der Waals surface area contributed by atoms with Gasteiger partial charge in [-0.15, -0.1) is 11.8 Å². The predicted molar refractivity (Wildman–Crippen MR) is 81.0 cm³/mol. The van der Waals surface area contributed by atoms with Crippen LogP contribution in [0, 0.1) is 6.92 Å². The van der Waals surface area contributed by atoms with Gasteiger partial charge in [0.2, 0.25) is 5.91 Å². The zero-order valence-corrected chi connectivity index (χ0v) is 13.2. The highest BCUT2D eigenvalue weighted by Gasteiger charge is 2.36. The number of aryl methyl sites for hydroxylation is 1. The van der Waals surface area contributed by atoms with Crippen molar-refractivity contribution >= 4 is 23.6 Å². The summed E-state index contributed by atoms with van der Waals surface area (Å²) < 4.78 is 0. The summed E-state index contributed by atoms with van der Waals surface area (Å²) in [5.41, 5.74) is -0.0116. The van der Waals surface area contributed by atoms with Crippen molar-refractivity contribution in [2.45, 2.75) is 38.1 Å². The van der Waals surface area contributed by atoms with Crippen molar-refractivity contribution in [2.24, 2.45) is 0 Å². The fraction of sp³-hybridized carbons (Fsp3) is 0.467. The number of amides is 1. The van der Waals surface area contributed by atoms with E-state index >= 15 is 0 Å². The lowest BCUT2D eigenvalue weighted by Gasteiger charge is -2.34. The fourth-order valence-electron chi connectivity index (χ4n) is 1.86. The van der Waals surface area contributed by atoms with Crippen LogP contribution in [0.3, 0.4) is 0 Å². The minimum Gasteiger partial charge on any atom is -0.480 e. The Morgan fingerprint density at radius 3 is 2.25 bits per heavy atom. The third kappa shape index (κ3) is 4.00. The molecule has 0 saturated carbocycles. The second kappa shape index (κ2) is 6.79. The van der Waals surface area contributed by atoms with E-state index in [1.807, 2.05) is 31.2 Å². The highest BCUT2D eigenvalue weighted by molar-refractivity contribution is 8.00. The molecule has 0 aromatic heterocycles. The van der Waals surface area contributed by atoms with E-state index in [1.165, 1.54) is 22.2 Å². The van der Waals surface area contributed by atoms with Crippen LogP contribution in [0.5, 0.6) is 0 Å². The third-order valence-corrected chi connectivity index (χ3v) is 4.20. The van der Waals surface area contributed by atoms with E-state index in [-0.39, 0.29) is 11.7 Å². The smallest absolute Gasteiger partial charge is 0.329 e. The highest BCUT2D eigenvalue weighted by atomic mass is 32.2. The van der Waals surface area contributed by atoms with Gasteiger partial charge < -0.3 is 10.0 Å². The Labute approximate surface area is 124 Å². The molecule has 1 N–H and O–H groups in total. The minimum atomic E-state index is -1.18. The number of hydrogen-bond donors (Lipinski definition) is 1. The van der Waals surface area contributed by atoms with Crippen LogP contribution in [0.4, 0.5) is 0 Å². The molecule has 4 nitrogen and oxygen atoms in total. The Balaban J connectivity index is 2.69. The zero-order chi connectivity index (χ0) is 15.3. The molecule has 0 aliphatic heterocycles. The van der Waals surface area contributed by atoms with E-state index in [0.29, 0.717) is 6.54 Å². The molecular formula is C15H21NO3S. The Morgan fingerprint density at radius 1 is 1.25 bits per heavy atom. The van der Waals surface area contributed by atoms with Gasteiger partial charge in [-0.05, 0) is 39.8 Å². The number of hydrogen-bond acceptors (Lipinski definition) is 3. The topological polar surface area (TPSA) is 57.6 Å². The molecule has 0 radical (unpaired) electrons. The van der Waals surface area contributed by atoms with Crippen molar-refractivity contribution < 1.29 is 14.7 Å². The largest absolute Gasteiger partial charge is 0.480 e. The molecule has 0 bridgehead atoms. The van der Waals surface area contributed by atoms with Gasteiger partial charge >= 0.3 is 5.97 Å². The van der Waals surface area contributed by atoms with Gasteiger partial charge in [-0.3, -0.25) is 4.79 Å². The van der Waals surface area contributed by atoms with E-state index < -0.39 is 11.5 Å². The number of likely N-dealkylation sites (N-methyl/N-ethyl adjacent to an activating group) is 1. The average molecular weight is 295 g/mol. The highest BCUT2D eigenvalue weighted by Crippen LogP contribution is 2.21. The summed E-state index contributed by atoms with van der Waals surface area (Å²) in [5.74, 6) is -0.910. The standard InChI is InChI=1S/C15H21NO3S/c1-5-16(15(3,4)14(18)19)13(17)10-20-12-8-6-11(2)7-9-12/h6-9H,5,10H2,1-4H3,(H,18,19). The first-order valence-electron chi connectivity index (χ1n) is 6.52. The van der Waals surface area contributed by atoms with Gasteiger partial charge in [0, 0.05) is 11.4 Å². The maximum Gasteiger partial charge on any atom is 0.329 e. The molecule has 1 amide bonds. The van der Waals surface area contributed by atoms with Crippen LogP contribution < -0.4 is 0 Å². The SMILES string of the molecule is CCN(C(=O)CSc1ccc(C)cc1)C(C)(C)C(=O)O. The molecular weight excluding hydrogens is 274 g/mol. The van der Waals surface area contributed by atoms with Crippen molar-refractivity contribution in [1.29, 1.82) is 0 Å². The summed E-state index contributed by atoms with van der Waals surface area (Å²) in [7, 11) is 0. The Bertz CT molecular complexity index is 482. The quantitative estimate of drug-likeness (QED) is 0.820. The van der Waals surface area contributed by atoms with Crippen LogP contribution in [0.15, 0.2) is 29.2 Å². The first kappa shape index (κ1) is 16.6. The summed E-state index contributed by atoms with van der Waals surface area (Å²) in [6.07, 6.45) is 0. The van der Waals surface area contributed by atoms with E-state index in [2.05, 4.69) is 0 Å². The molecule has 1 aromatic rings. The van der Waals surface area contributed by atoms with Gasteiger partial charge in [0.1, 0.15) is 5.54 Å². The lowest BCUT2D eigenvalue weighted by atomic mass is 10.0. The van der Waals surface area contributed by atoms with Gasteiger partial charge in [0.05, 0.1) is 5.75 Å². The molecule has 0 spiro atoms. The van der Waals surface area contributed by atoms with Gasteiger partial charge in [-0.1, -0.05) is 17.7 Å². The summed E-state index contributed by atoms with van der Waals surface area (Å²) in [5, 5.41) is 9.21. The lowest BCUT2D eigenvalue weighted by Crippen LogP contribution is -2.53. The summed E-state index contributed by atoms with van der Waals surface area (Å²) in [6, 6.07) is 7.91. The lowest BCUT2D eigenvalue weighted by molar-refractivity contribution is -0.155. The van der Waals surface area contributed by atoms with Crippen molar-refractivity contribution in [2.75, 3.05) is 12.3 Å². The van der Waals surface area contributed by atoms with Gasteiger partial charge in [-0.2, -0.15) is 0 Å². The number of rotatable bonds is 6. The molecule has 1 rings (SSSR count). The van der Waals surface area contributed by atoms with Crippen LogP contribution >= 0.6 is 11.8 Å². The monoisotopic (exact) mass is 295 g/mol. The van der Waals surface area contributed by atoms with Crippen molar-refractivity contribution in [3.8, 4) is 0 Å². The molecule has 0 aliphatic rings. The molecule has 0 fully saturated rings. The number of nitrogens with zero attached hydrogens (tertiary/aromatic N) is 1. The minimum absolute atomic E-state index is 0.162. The number of benzene rings is 1. The summed E-state index contributed by atoms with van der Waals surface area (Å²) in [4.78, 5) is 25.9. The van der Waals surface area contributed by atoms with Gasteiger partial charge in [0.25, 0.3) is 0 Å². The number of thioether (sulfide) groups is 1. The number of carbonyl (C=O) groups is 2. The van der Waals surface area contributed by atoms with Crippen molar-refractivity contribution in [3.05, 3.63) is 29.8 Å². The first-order valence-corrected chi connectivity index (χ1v) is 7.51. The maximum absolute atomic E-state index is 12.2. The molecule has 0 unspecified atom stereocenters. The van der Waals surface area contributed by atoms with Crippen molar-refractivity contribution in [3.63, 3.8) is 0 Å². The number of carboxylic acids is 1. The maximum atomic E-state index is 12.2. The number of carboxylic acid groups (broad SMARTS) is 1. The van der Waals surface area contributed by atoms with Crippen LogP contribution in [-0.4, -0.2) is 39.7 Å². The van der Waals surface area contributed by atoms with Gasteiger partial charge in [-0.25, -0.2) is 4.79 Å². The van der Waals surface area contributed by atoms with E-state index in [0.717, 1.165) is 4.90 Å². The Hall–Kier alpha value is -1.49. The van der Waals surface area contributed by atoms with E-state index in [9.17, 15) is 14.7 Å². The Morgan fingerprint density at radius 2 is 1.80 bits per heavy atom. The molecule has 1 aromatic carbocycles.